The van der Waals surface area contributed by atoms with Gasteiger partial charge < -0.3 is 5.32 Å². The van der Waals surface area contributed by atoms with Crippen molar-refractivity contribution in [2.75, 3.05) is 19.4 Å². The molecule has 2 heterocycles. The van der Waals surface area contributed by atoms with Gasteiger partial charge in [-0.2, -0.15) is 23.4 Å². The molecule has 8 nitrogen and oxygen atoms in total. The van der Waals surface area contributed by atoms with Crippen LogP contribution in [0.1, 0.15) is 40.4 Å². The number of rotatable bonds is 8. The van der Waals surface area contributed by atoms with Crippen molar-refractivity contribution in [1.82, 2.24) is 19.8 Å². The number of carbonyl (C=O) groups is 2. The highest BCUT2D eigenvalue weighted by Crippen LogP contribution is 2.28. The summed E-state index contributed by atoms with van der Waals surface area (Å²) < 4.78 is 38.4. The van der Waals surface area contributed by atoms with Gasteiger partial charge in [-0.1, -0.05) is 55.2 Å². The van der Waals surface area contributed by atoms with E-state index in [1.807, 2.05) is 13.8 Å². The number of carbonyl (C=O) groups excluding carboxylic acids is 2. The Kier molecular flexibility index (Phi) is 13.7. The summed E-state index contributed by atoms with van der Waals surface area (Å²) in [7, 11) is 3.16. The summed E-state index contributed by atoms with van der Waals surface area (Å²) in [6, 6.07) is 7.85. The number of alkyl halides is 3. The van der Waals surface area contributed by atoms with Crippen LogP contribution >= 0.6 is 34.8 Å². The maximum atomic E-state index is 12.4. The first-order chi connectivity index (χ1) is 18.4. The number of anilines is 1. The minimum absolute atomic E-state index is 0.0694. The number of benzene rings is 1. The molecule has 0 fully saturated rings. The Labute approximate surface area is 239 Å². The molecule has 3 aromatic rings. The van der Waals surface area contributed by atoms with Crippen LogP contribution in [0.5, 0.6) is 0 Å². The van der Waals surface area contributed by atoms with Crippen LogP contribution < -0.4 is 5.32 Å². The van der Waals surface area contributed by atoms with Crippen molar-refractivity contribution in [2.24, 2.45) is 5.10 Å². The van der Waals surface area contributed by atoms with Gasteiger partial charge in [0.15, 0.2) is 18.4 Å². The van der Waals surface area contributed by atoms with Gasteiger partial charge in [-0.3, -0.25) is 14.6 Å². The van der Waals surface area contributed by atoms with E-state index in [9.17, 15) is 22.8 Å². The lowest BCUT2D eigenvalue weighted by Gasteiger charge is -2.11. The van der Waals surface area contributed by atoms with E-state index in [2.05, 4.69) is 27.1 Å². The molecule has 0 bridgehead atoms. The average Bonchev–Trinajstić information content (AvgIpc) is 3.30. The molecular weight excluding hydrogens is 580 g/mol. The normalized spacial score (nSPS) is 10.6. The van der Waals surface area contributed by atoms with Crippen LogP contribution in [0.4, 0.5) is 18.9 Å². The second kappa shape index (κ2) is 15.9. The number of aromatic nitrogens is 3. The van der Waals surface area contributed by atoms with Crippen LogP contribution in [0.3, 0.4) is 0 Å². The van der Waals surface area contributed by atoms with Gasteiger partial charge in [0.1, 0.15) is 5.69 Å². The number of pyridine rings is 1. The molecule has 0 saturated heterocycles. The third kappa shape index (κ3) is 10.0. The van der Waals surface area contributed by atoms with E-state index in [1.54, 1.807) is 31.3 Å². The Hall–Kier alpha value is -3.41. The van der Waals surface area contributed by atoms with E-state index in [0.29, 0.717) is 50.8 Å². The quantitative estimate of drug-likeness (QED) is 0.167. The Morgan fingerprint density at radius 3 is 2.36 bits per heavy atom. The van der Waals surface area contributed by atoms with Crippen molar-refractivity contribution in [3.63, 3.8) is 0 Å². The molecule has 1 aromatic carbocycles. The fourth-order valence-corrected chi connectivity index (χ4v) is 3.58. The molecule has 0 spiro atoms. The van der Waals surface area contributed by atoms with Crippen LogP contribution in [0.15, 0.2) is 53.8 Å². The first kappa shape index (κ1) is 33.6. The minimum Gasteiger partial charge on any atom is -0.386 e. The number of hydrogen-bond donors (Lipinski definition) is 1. The molecule has 0 unspecified atom stereocenters. The van der Waals surface area contributed by atoms with Crippen LogP contribution in [0.25, 0.3) is 5.82 Å². The van der Waals surface area contributed by atoms with Crippen LogP contribution in [-0.2, 0) is 6.54 Å². The lowest BCUT2D eigenvalue weighted by molar-refractivity contribution is -0.0853. The van der Waals surface area contributed by atoms with Crippen molar-refractivity contribution >= 4 is 59.3 Å². The van der Waals surface area contributed by atoms with Crippen molar-refractivity contribution in [1.29, 1.82) is 0 Å². The zero-order valence-electron chi connectivity index (χ0n) is 21.4. The van der Waals surface area contributed by atoms with Crippen molar-refractivity contribution in [2.45, 2.75) is 26.6 Å². The van der Waals surface area contributed by atoms with Crippen molar-refractivity contribution < 1.29 is 22.8 Å². The van der Waals surface area contributed by atoms with Crippen LogP contribution in [0.2, 0.25) is 15.1 Å². The van der Waals surface area contributed by atoms with Crippen LogP contribution in [-0.4, -0.2) is 58.8 Å². The average molecular weight is 606 g/mol. The number of nitrogens with zero attached hydrogens (tertiary/aromatic N) is 5. The largest absolute Gasteiger partial charge is 0.417 e. The molecule has 0 aliphatic heterocycles. The number of hydrogen-bond acceptors (Lipinski definition) is 7. The Balaban J connectivity index is 0.000000454. The van der Waals surface area contributed by atoms with E-state index in [1.165, 1.54) is 29.0 Å². The number of aldehydes is 2. The standard InChI is InChI=1S/C15H13ClF3N5O.C8H7Cl2NO.C2H6/c1-10(15(17,18)19)7-21-23(2)8-11-6-12(9-25)24(22-11)14-13(16)4-3-5-20-14;1-11-8-5(4-12)2-6(9)3-7(8)10;1-2/h3-7,9H,1,8H2,2H3;2-4,11H,1H3;1-2H3/b21-7-;;. The summed E-state index contributed by atoms with van der Waals surface area (Å²) in [4.78, 5) is 25.8. The molecule has 1 N–H and O–H groups in total. The van der Waals surface area contributed by atoms with Gasteiger partial charge in [-0.25, -0.2) is 9.67 Å². The lowest BCUT2D eigenvalue weighted by Crippen LogP contribution is -2.16. The Bertz CT molecular complexity index is 1310. The summed E-state index contributed by atoms with van der Waals surface area (Å²) in [5, 5.41) is 13.1. The first-order valence-corrected chi connectivity index (χ1v) is 12.3. The van der Waals surface area contributed by atoms with Gasteiger partial charge in [-0.05, 0) is 30.3 Å². The fourth-order valence-electron chi connectivity index (χ4n) is 2.78. The van der Waals surface area contributed by atoms with Crippen molar-refractivity contribution in [3.05, 3.63) is 80.7 Å². The molecule has 0 radical (unpaired) electrons. The highest BCUT2D eigenvalue weighted by molar-refractivity contribution is 6.37. The topological polar surface area (TPSA) is 92.5 Å². The molecule has 39 heavy (non-hydrogen) atoms. The molecule has 0 aliphatic carbocycles. The van der Waals surface area contributed by atoms with Gasteiger partial charge in [0.2, 0.25) is 0 Å². The second-order valence-corrected chi connectivity index (χ2v) is 8.45. The Morgan fingerprint density at radius 2 is 1.82 bits per heavy atom. The smallest absolute Gasteiger partial charge is 0.386 e. The number of hydrazone groups is 1. The summed E-state index contributed by atoms with van der Waals surface area (Å²) in [6.45, 7) is 6.97. The minimum atomic E-state index is -4.54. The van der Waals surface area contributed by atoms with Gasteiger partial charge in [-0.15, -0.1) is 0 Å². The number of allylic oxidation sites excluding steroid dienone is 1. The maximum absolute atomic E-state index is 12.4. The summed E-state index contributed by atoms with van der Waals surface area (Å²) in [6.07, 6.45) is -1.13. The van der Waals surface area contributed by atoms with E-state index < -0.39 is 11.7 Å². The molecule has 0 aliphatic rings. The zero-order chi connectivity index (χ0) is 29.8. The molecule has 0 atom stereocenters. The SMILES string of the molecule is C=C(/C=N\N(C)Cc1cc(C=O)n(-c2ncccc2Cl)n1)C(F)(F)F.CC.CNc1c(Cl)cc(Cl)cc1C=O. The van der Waals surface area contributed by atoms with Crippen LogP contribution in [0, 0.1) is 0 Å². The highest BCUT2D eigenvalue weighted by Gasteiger charge is 2.30. The van der Waals surface area contributed by atoms with E-state index >= 15 is 0 Å². The summed E-state index contributed by atoms with van der Waals surface area (Å²) in [5.41, 5.74) is 0.610. The zero-order valence-corrected chi connectivity index (χ0v) is 23.7. The third-order valence-corrected chi connectivity index (χ3v) is 5.29. The molecule has 210 valence electrons. The Morgan fingerprint density at radius 1 is 1.15 bits per heavy atom. The summed E-state index contributed by atoms with van der Waals surface area (Å²) in [5.74, 6) is 0.272. The second-order valence-electron chi connectivity index (χ2n) is 7.20. The third-order valence-electron chi connectivity index (χ3n) is 4.48. The summed E-state index contributed by atoms with van der Waals surface area (Å²) >= 11 is 17.5. The maximum Gasteiger partial charge on any atom is 0.417 e. The molecule has 3 rings (SSSR count). The van der Waals surface area contributed by atoms with E-state index in [-0.39, 0.29) is 18.1 Å². The van der Waals surface area contributed by atoms with Gasteiger partial charge in [0.05, 0.1) is 39.8 Å². The van der Waals surface area contributed by atoms with Gasteiger partial charge in [0.25, 0.3) is 0 Å². The number of nitrogens with one attached hydrogen (secondary N) is 1. The molecule has 0 amide bonds. The highest BCUT2D eigenvalue weighted by atomic mass is 35.5. The first-order valence-electron chi connectivity index (χ1n) is 11.2. The van der Waals surface area contributed by atoms with Gasteiger partial charge in [0, 0.05) is 30.9 Å². The van der Waals surface area contributed by atoms with Crippen molar-refractivity contribution in [3.8, 4) is 5.82 Å². The molecule has 14 heteroatoms. The van der Waals surface area contributed by atoms with Gasteiger partial charge >= 0.3 is 6.18 Å². The predicted octanol–water partition coefficient (Wildman–Crippen LogP) is 7.14. The van der Waals surface area contributed by atoms with E-state index in [4.69, 9.17) is 34.8 Å². The molecule has 2 aromatic heterocycles. The molecule has 0 saturated carbocycles. The number of halogens is 6. The lowest BCUT2D eigenvalue weighted by atomic mass is 10.2. The van der Waals surface area contributed by atoms with E-state index in [0.717, 1.165) is 0 Å². The predicted molar refractivity (Wildman–Crippen MR) is 150 cm³/mol. The monoisotopic (exact) mass is 604 g/mol. The molecular formula is C25H26Cl3F3N6O2. The fraction of sp³-hybridized carbons (Fsp3) is 0.240.